The van der Waals surface area contributed by atoms with E-state index >= 15 is 0 Å². The number of benzene rings is 1. The van der Waals surface area contributed by atoms with Gasteiger partial charge in [-0.25, -0.2) is 0 Å². The van der Waals surface area contributed by atoms with Gasteiger partial charge in [0.15, 0.2) is 0 Å². The molecule has 2 aliphatic rings. The second kappa shape index (κ2) is 3.89. The maximum absolute atomic E-state index is 5.88. The zero-order valence-corrected chi connectivity index (χ0v) is 9.06. The van der Waals surface area contributed by atoms with Crippen LogP contribution >= 0.6 is 0 Å². The first-order chi connectivity index (χ1) is 7.92. The van der Waals surface area contributed by atoms with Crippen LogP contribution in [0.25, 0.3) is 0 Å². The summed E-state index contributed by atoms with van der Waals surface area (Å²) in [6.07, 6.45) is 7.20. The largest absolute Gasteiger partial charge is 0.340 e. The summed E-state index contributed by atoms with van der Waals surface area (Å²) in [5, 5.41) is 0. The van der Waals surface area contributed by atoms with E-state index in [1.54, 1.807) is 0 Å². The van der Waals surface area contributed by atoms with E-state index in [1.165, 1.54) is 5.57 Å². The van der Waals surface area contributed by atoms with Crippen LogP contribution in [-0.4, -0.2) is 13.2 Å². The van der Waals surface area contributed by atoms with Crippen molar-refractivity contribution in [3.05, 3.63) is 59.7 Å². The van der Waals surface area contributed by atoms with Crippen LogP contribution in [0.1, 0.15) is 12.0 Å². The van der Waals surface area contributed by atoms with Gasteiger partial charge in [-0.3, -0.25) is 0 Å². The Balaban J connectivity index is 2.03. The van der Waals surface area contributed by atoms with Gasteiger partial charge in [-0.05, 0) is 12.0 Å². The van der Waals surface area contributed by atoms with E-state index in [9.17, 15) is 0 Å². The van der Waals surface area contributed by atoms with Crippen LogP contribution in [0.15, 0.2) is 54.1 Å². The third-order valence-corrected chi connectivity index (χ3v) is 3.04. The molecule has 3 rings (SSSR count). The molecule has 1 fully saturated rings. The highest BCUT2D eigenvalue weighted by Crippen LogP contribution is 2.41. The third kappa shape index (κ3) is 1.42. The van der Waals surface area contributed by atoms with Crippen molar-refractivity contribution in [1.29, 1.82) is 0 Å². The van der Waals surface area contributed by atoms with Crippen LogP contribution in [0.4, 0.5) is 0 Å². The summed E-state index contributed by atoms with van der Waals surface area (Å²) in [6.45, 7) is 1.32. The van der Waals surface area contributed by atoms with Crippen molar-refractivity contribution in [2.45, 2.75) is 12.2 Å². The number of ether oxygens (including phenoxy) is 2. The minimum atomic E-state index is -0.634. The standard InChI is InChI=1S/C14H14O2/c1-2-6-12(7-3-1)14(15-10-11-16-14)13-8-4-5-9-13/h1-8H,9-11H2. The summed E-state index contributed by atoms with van der Waals surface area (Å²) < 4.78 is 11.8. The van der Waals surface area contributed by atoms with Gasteiger partial charge in [-0.2, -0.15) is 0 Å². The number of allylic oxidation sites excluding steroid dienone is 3. The minimum absolute atomic E-state index is 0.634. The van der Waals surface area contributed by atoms with E-state index < -0.39 is 5.79 Å². The molecule has 0 radical (unpaired) electrons. The third-order valence-electron chi connectivity index (χ3n) is 3.04. The molecule has 0 atom stereocenters. The van der Waals surface area contributed by atoms with Crippen molar-refractivity contribution in [2.75, 3.05) is 13.2 Å². The van der Waals surface area contributed by atoms with Crippen molar-refractivity contribution in [2.24, 2.45) is 0 Å². The van der Waals surface area contributed by atoms with E-state index in [1.807, 2.05) is 18.2 Å². The summed E-state index contributed by atoms with van der Waals surface area (Å²) in [4.78, 5) is 0. The van der Waals surface area contributed by atoms with Gasteiger partial charge in [0.2, 0.25) is 5.79 Å². The lowest BCUT2D eigenvalue weighted by Crippen LogP contribution is -2.29. The Bertz CT molecular complexity index is 425. The van der Waals surface area contributed by atoms with Gasteiger partial charge in [0.05, 0.1) is 13.2 Å². The fourth-order valence-corrected chi connectivity index (χ4v) is 2.30. The molecule has 2 nitrogen and oxygen atoms in total. The van der Waals surface area contributed by atoms with Gasteiger partial charge in [-0.1, -0.05) is 48.6 Å². The monoisotopic (exact) mass is 214 g/mol. The number of rotatable bonds is 2. The normalized spacial score (nSPS) is 22.4. The first kappa shape index (κ1) is 9.82. The summed E-state index contributed by atoms with van der Waals surface area (Å²) in [5.74, 6) is -0.634. The molecule has 0 unspecified atom stereocenters. The van der Waals surface area contributed by atoms with Crippen molar-refractivity contribution in [3.63, 3.8) is 0 Å². The van der Waals surface area contributed by atoms with Gasteiger partial charge in [-0.15, -0.1) is 0 Å². The van der Waals surface area contributed by atoms with Gasteiger partial charge in [0.25, 0.3) is 0 Å². The summed E-state index contributed by atoms with van der Waals surface area (Å²) >= 11 is 0. The van der Waals surface area contributed by atoms with Gasteiger partial charge >= 0.3 is 0 Å². The predicted octanol–water partition coefficient (Wildman–Crippen LogP) is 2.77. The Morgan fingerprint density at radius 1 is 1.00 bits per heavy atom. The van der Waals surface area contributed by atoms with E-state index in [4.69, 9.17) is 9.47 Å². The van der Waals surface area contributed by atoms with Crippen LogP contribution in [0.2, 0.25) is 0 Å². The molecule has 0 spiro atoms. The summed E-state index contributed by atoms with van der Waals surface area (Å²) in [6, 6.07) is 10.2. The molecular formula is C14H14O2. The molecular weight excluding hydrogens is 200 g/mol. The molecule has 1 aliphatic heterocycles. The molecule has 0 saturated carbocycles. The summed E-state index contributed by atoms with van der Waals surface area (Å²) in [7, 11) is 0. The highest BCUT2D eigenvalue weighted by atomic mass is 16.7. The Morgan fingerprint density at radius 3 is 2.38 bits per heavy atom. The van der Waals surface area contributed by atoms with Crippen molar-refractivity contribution >= 4 is 0 Å². The Kier molecular flexibility index (Phi) is 2.39. The first-order valence-electron chi connectivity index (χ1n) is 5.61. The molecule has 0 bridgehead atoms. The lowest BCUT2D eigenvalue weighted by molar-refractivity contribution is -0.134. The molecule has 1 aromatic carbocycles. The molecule has 1 saturated heterocycles. The molecule has 1 heterocycles. The van der Waals surface area contributed by atoms with Crippen LogP contribution < -0.4 is 0 Å². The maximum Gasteiger partial charge on any atom is 0.218 e. The quantitative estimate of drug-likeness (QED) is 0.753. The Hall–Kier alpha value is -1.38. The Labute approximate surface area is 95.2 Å². The van der Waals surface area contributed by atoms with Crippen molar-refractivity contribution in [3.8, 4) is 0 Å². The second-order valence-electron chi connectivity index (χ2n) is 4.00. The highest BCUT2D eigenvalue weighted by molar-refractivity contribution is 5.37. The van der Waals surface area contributed by atoms with Gasteiger partial charge < -0.3 is 9.47 Å². The zero-order valence-electron chi connectivity index (χ0n) is 9.06. The molecule has 0 amide bonds. The molecule has 0 N–H and O–H groups in total. The van der Waals surface area contributed by atoms with Crippen LogP contribution in [0.3, 0.4) is 0 Å². The molecule has 2 heteroatoms. The van der Waals surface area contributed by atoms with E-state index in [2.05, 4.69) is 30.4 Å². The van der Waals surface area contributed by atoms with Crippen molar-refractivity contribution < 1.29 is 9.47 Å². The predicted molar refractivity (Wildman–Crippen MR) is 61.9 cm³/mol. The van der Waals surface area contributed by atoms with E-state index in [0.29, 0.717) is 13.2 Å². The zero-order chi connectivity index (χ0) is 10.8. The maximum atomic E-state index is 5.88. The molecule has 0 aromatic heterocycles. The van der Waals surface area contributed by atoms with Crippen molar-refractivity contribution in [1.82, 2.24) is 0 Å². The fourth-order valence-electron chi connectivity index (χ4n) is 2.30. The molecule has 1 aromatic rings. The lowest BCUT2D eigenvalue weighted by Gasteiger charge is -2.29. The topological polar surface area (TPSA) is 18.5 Å². The lowest BCUT2D eigenvalue weighted by atomic mass is 9.96. The number of hydrogen-bond acceptors (Lipinski definition) is 2. The minimum Gasteiger partial charge on any atom is -0.340 e. The van der Waals surface area contributed by atoms with Crippen LogP contribution in [0.5, 0.6) is 0 Å². The van der Waals surface area contributed by atoms with Crippen LogP contribution in [0, 0.1) is 0 Å². The van der Waals surface area contributed by atoms with Gasteiger partial charge in [0, 0.05) is 5.56 Å². The van der Waals surface area contributed by atoms with Gasteiger partial charge in [0.1, 0.15) is 0 Å². The van der Waals surface area contributed by atoms with Crippen LogP contribution in [-0.2, 0) is 15.3 Å². The molecule has 1 aliphatic carbocycles. The van der Waals surface area contributed by atoms with E-state index in [0.717, 1.165) is 12.0 Å². The average Bonchev–Trinajstić information content (AvgIpc) is 3.02. The molecule has 82 valence electrons. The SMILES string of the molecule is C1=CCC(C2(c3ccccc3)OCCO2)=C1. The highest BCUT2D eigenvalue weighted by Gasteiger charge is 2.42. The second-order valence-corrected chi connectivity index (χ2v) is 4.00. The Morgan fingerprint density at radius 2 is 1.75 bits per heavy atom. The fraction of sp³-hybridized carbons (Fsp3) is 0.286. The average molecular weight is 214 g/mol. The first-order valence-corrected chi connectivity index (χ1v) is 5.61. The molecule has 16 heavy (non-hydrogen) atoms. The summed E-state index contributed by atoms with van der Waals surface area (Å²) in [5.41, 5.74) is 2.28. The number of hydrogen-bond donors (Lipinski definition) is 0. The smallest absolute Gasteiger partial charge is 0.218 e. The van der Waals surface area contributed by atoms with E-state index in [-0.39, 0.29) is 0 Å².